The quantitative estimate of drug-likeness (QED) is 0.713. The summed E-state index contributed by atoms with van der Waals surface area (Å²) in [4.78, 5) is 0. The fourth-order valence-electron chi connectivity index (χ4n) is 2.06. The van der Waals surface area contributed by atoms with Crippen LogP contribution in [0.3, 0.4) is 0 Å². The smallest absolute Gasteiger partial charge is 0.165 e. The number of rotatable bonds is 8. The monoisotopic (exact) mass is 269 g/mol. The van der Waals surface area contributed by atoms with Crippen LogP contribution in [0, 0.1) is 12.7 Å². The zero-order chi connectivity index (χ0) is 14.3. The summed E-state index contributed by atoms with van der Waals surface area (Å²) < 4.78 is 18.9. The van der Waals surface area contributed by atoms with E-state index in [0.29, 0.717) is 12.4 Å². The van der Waals surface area contributed by atoms with E-state index in [1.165, 1.54) is 6.07 Å². The van der Waals surface area contributed by atoms with Gasteiger partial charge in [0.05, 0.1) is 13.2 Å². The number of aliphatic hydroxyl groups excluding tert-OH is 1. The lowest BCUT2D eigenvalue weighted by Gasteiger charge is -2.30. The van der Waals surface area contributed by atoms with Gasteiger partial charge in [-0.15, -0.1) is 0 Å². The van der Waals surface area contributed by atoms with Crippen LogP contribution in [0.4, 0.5) is 4.39 Å². The average molecular weight is 269 g/mol. The Balaban J connectivity index is 2.44. The van der Waals surface area contributed by atoms with E-state index in [-0.39, 0.29) is 18.0 Å². The van der Waals surface area contributed by atoms with Gasteiger partial charge in [0.25, 0.3) is 0 Å². The molecule has 3 nitrogen and oxygen atoms in total. The lowest BCUT2D eigenvalue weighted by Crippen LogP contribution is -2.46. The van der Waals surface area contributed by atoms with E-state index in [9.17, 15) is 9.50 Å². The molecule has 0 spiro atoms. The summed E-state index contributed by atoms with van der Waals surface area (Å²) in [6, 6.07) is 4.84. The van der Waals surface area contributed by atoms with Crippen molar-refractivity contribution >= 4 is 0 Å². The van der Waals surface area contributed by atoms with Gasteiger partial charge in [-0.25, -0.2) is 4.39 Å². The van der Waals surface area contributed by atoms with Gasteiger partial charge < -0.3 is 15.2 Å². The van der Waals surface area contributed by atoms with Gasteiger partial charge >= 0.3 is 0 Å². The van der Waals surface area contributed by atoms with Crippen molar-refractivity contribution in [1.29, 1.82) is 0 Å². The van der Waals surface area contributed by atoms with Crippen LogP contribution in [0.25, 0.3) is 0 Å². The fourth-order valence-corrected chi connectivity index (χ4v) is 2.06. The Morgan fingerprint density at radius 3 is 2.74 bits per heavy atom. The molecule has 0 heterocycles. The molecule has 0 bridgehead atoms. The first-order valence-electron chi connectivity index (χ1n) is 6.75. The van der Waals surface area contributed by atoms with Gasteiger partial charge in [-0.3, -0.25) is 0 Å². The van der Waals surface area contributed by atoms with Crippen molar-refractivity contribution in [2.24, 2.45) is 0 Å². The summed E-state index contributed by atoms with van der Waals surface area (Å²) in [6.07, 6.45) is 2.41. The molecule has 1 aromatic carbocycles. The standard InChI is InChI=1S/C15H24FNO2/c1-4-15(11-18,17-3)8-5-9-19-14-10-12(2)6-7-13(14)16/h6-7,10,17-18H,4-5,8-9,11H2,1-3H3. The first-order chi connectivity index (χ1) is 9.06. The van der Waals surface area contributed by atoms with Crippen molar-refractivity contribution in [2.75, 3.05) is 20.3 Å². The lowest BCUT2D eigenvalue weighted by atomic mass is 9.92. The van der Waals surface area contributed by atoms with Gasteiger partial charge in [0.15, 0.2) is 11.6 Å². The molecular weight excluding hydrogens is 245 g/mol. The second kappa shape index (κ2) is 7.46. The number of likely N-dealkylation sites (N-methyl/N-ethyl adjacent to an activating group) is 1. The molecular formula is C15H24FNO2. The Kier molecular flexibility index (Phi) is 6.25. The highest BCUT2D eigenvalue weighted by molar-refractivity contribution is 5.29. The van der Waals surface area contributed by atoms with Crippen LogP contribution < -0.4 is 10.1 Å². The van der Waals surface area contributed by atoms with Crippen LogP contribution in [0.5, 0.6) is 5.75 Å². The Morgan fingerprint density at radius 1 is 1.42 bits per heavy atom. The van der Waals surface area contributed by atoms with Crippen LogP contribution in [-0.2, 0) is 0 Å². The highest BCUT2D eigenvalue weighted by Gasteiger charge is 2.24. The Bertz CT molecular complexity index is 383. The van der Waals surface area contributed by atoms with E-state index in [2.05, 4.69) is 5.32 Å². The molecule has 1 atom stereocenters. The number of ether oxygens (including phenoxy) is 1. The van der Waals surface area contributed by atoms with E-state index >= 15 is 0 Å². The predicted octanol–water partition coefficient (Wildman–Crippen LogP) is 2.65. The largest absolute Gasteiger partial charge is 0.491 e. The second-order valence-electron chi connectivity index (χ2n) is 4.93. The van der Waals surface area contributed by atoms with Gasteiger partial charge in [0, 0.05) is 5.54 Å². The highest BCUT2D eigenvalue weighted by atomic mass is 19.1. The number of nitrogens with one attached hydrogen (secondary N) is 1. The predicted molar refractivity (Wildman–Crippen MR) is 75.0 cm³/mol. The molecule has 19 heavy (non-hydrogen) atoms. The topological polar surface area (TPSA) is 41.5 Å². The molecule has 1 aromatic rings. The molecule has 0 aliphatic carbocycles. The van der Waals surface area contributed by atoms with E-state index in [4.69, 9.17) is 4.74 Å². The third-order valence-corrected chi connectivity index (χ3v) is 3.65. The van der Waals surface area contributed by atoms with Crippen molar-refractivity contribution in [2.45, 2.75) is 38.6 Å². The summed E-state index contributed by atoms with van der Waals surface area (Å²) in [6.45, 7) is 4.48. The highest BCUT2D eigenvalue weighted by Crippen LogP contribution is 2.20. The molecule has 4 heteroatoms. The van der Waals surface area contributed by atoms with Gasteiger partial charge in [-0.2, -0.15) is 0 Å². The minimum atomic E-state index is -0.330. The van der Waals surface area contributed by atoms with E-state index in [1.54, 1.807) is 12.1 Å². The number of benzene rings is 1. The Morgan fingerprint density at radius 2 is 2.16 bits per heavy atom. The fraction of sp³-hybridized carbons (Fsp3) is 0.600. The van der Waals surface area contributed by atoms with Crippen LogP contribution in [0.15, 0.2) is 18.2 Å². The minimum Gasteiger partial charge on any atom is -0.491 e. The summed E-state index contributed by atoms with van der Waals surface area (Å²) in [5.74, 6) is -0.0290. The maximum atomic E-state index is 13.5. The maximum absolute atomic E-state index is 13.5. The van der Waals surface area contributed by atoms with Gasteiger partial charge in [-0.1, -0.05) is 13.0 Å². The van der Waals surface area contributed by atoms with Crippen molar-refractivity contribution in [3.63, 3.8) is 0 Å². The van der Waals surface area contributed by atoms with Crippen LogP contribution in [-0.4, -0.2) is 30.9 Å². The molecule has 0 radical (unpaired) electrons. The Hall–Kier alpha value is -1.13. The summed E-state index contributed by atoms with van der Waals surface area (Å²) >= 11 is 0. The number of aliphatic hydroxyl groups is 1. The molecule has 0 saturated heterocycles. The Labute approximate surface area is 114 Å². The molecule has 0 amide bonds. The number of aryl methyl sites for hydroxylation is 1. The van der Waals surface area contributed by atoms with Gasteiger partial charge in [0.2, 0.25) is 0 Å². The molecule has 0 fully saturated rings. The van der Waals surface area contributed by atoms with Crippen molar-refractivity contribution < 1.29 is 14.2 Å². The molecule has 1 rings (SSSR count). The average Bonchev–Trinajstić information content (AvgIpc) is 2.43. The summed E-state index contributed by atoms with van der Waals surface area (Å²) in [5, 5.41) is 12.6. The van der Waals surface area contributed by atoms with Gasteiger partial charge in [-0.05, 0) is 50.9 Å². The van der Waals surface area contributed by atoms with E-state index < -0.39 is 0 Å². The lowest BCUT2D eigenvalue weighted by molar-refractivity contribution is 0.145. The normalized spacial score (nSPS) is 14.2. The maximum Gasteiger partial charge on any atom is 0.165 e. The SMILES string of the molecule is CCC(CO)(CCCOc1cc(C)ccc1F)NC. The zero-order valence-electron chi connectivity index (χ0n) is 12.0. The van der Waals surface area contributed by atoms with Crippen LogP contribution in [0.1, 0.15) is 31.7 Å². The molecule has 1 unspecified atom stereocenters. The van der Waals surface area contributed by atoms with Crippen molar-refractivity contribution in [3.05, 3.63) is 29.6 Å². The van der Waals surface area contributed by atoms with Crippen LogP contribution in [0.2, 0.25) is 0 Å². The number of halogens is 1. The molecule has 0 saturated carbocycles. The molecule has 108 valence electrons. The first kappa shape index (κ1) is 15.9. The molecule has 0 aromatic heterocycles. The third-order valence-electron chi connectivity index (χ3n) is 3.65. The third kappa shape index (κ3) is 4.48. The van der Waals surface area contributed by atoms with E-state index in [0.717, 1.165) is 24.8 Å². The van der Waals surface area contributed by atoms with Crippen molar-refractivity contribution in [3.8, 4) is 5.75 Å². The second-order valence-corrected chi connectivity index (χ2v) is 4.93. The minimum absolute atomic E-state index is 0.0960. The van der Waals surface area contributed by atoms with E-state index in [1.807, 2.05) is 20.9 Å². The molecule has 0 aliphatic rings. The summed E-state index contributed by atoms with van der Waals surface area (Å²) in [5.41, 5.74) is 0.721. The first-order valence-corrected chi connectivity index (χ1v) is 6.75. The molecule has 0 aliphatic heterocycles. The van der Waals surface area contributed by atoms with Gasteiger partial charge in [0.1, 0.15) is 0 Å². The summed E-state index contributed by atoms with van der Waals surface area (Å²) in [7, 11) is 1.85. The molecule has 2 N–H and O–H groups in total. The van der Waals surface area contributed by atoms with Crippen molar-refractivity contribution in [1.82, 2.24) is 5.32 Å². The zero-order valence-corrected chi connectivity index (χ0v) is 12.0. The van der Waals surface area contributed by atoms with Crippen LogP contribution >= 0.6 is 0 Å². The number of hydrogen-bond acceptors (Lipinski definition) is 3. The number of hydrogen-bond donors (Lipinski definition) is 2.